The number of para-hydroxylation sites is 1. The van der Waals surface area contributed by atoms with Gasteiger partial charge in [0, 0.05) is 23.9 Å². The van der Waals surface area contributed by atoms with Gasteiger partial charge in [0.15, 0.2) is 11.5 Å². The number of ether oxygens (including phenoxy) is 2. The molecule has 0 aliphatic carbocycles. The molecular formula is C22H23NO4. The largest absolute Gasteiger partial charge is 0.493 e. The van der Waals surface area contributed by atoms with Gasteiger partial charge in [-0.3, -0.25) is 4.79 Å². The fourth-order valence-corrected chi connectivity index (χ4v) is 2.91. The van der Waals surface area contributed by atoms with Crippen LogP contribution in [0, 0.1) is 0 Å². The summed E-state index contributed by atoms with van der Waals surface area (Å²) in [5.41, 5.74) is 1.71. The molecule has 140 valence electrons. The number of amides is 1. The molecule has 27 heavy (non-hydrogen) atoms. The first-order valence-electron chi connectivity index (χ1n) is 8.77. The van der Waals surface area contributed by atoms with Crippen LogP contribution in [-0.4, -0.2) is 26.2 Å². The van der Waals surface area contributed by atoms with E-state index in [2.05, 4.69) is 5.32 Å². The molecule has 3 aromatic rings. The smallest absolute Gasteiger partial charge is 0.244 e. The van der Waals surface area contributed by atoms with E-state index in [1.165, 1.54) is 6.08 Å². The maximum absolute atomic E-state index is 12.2. The van der Waals surface area contributed by atoms with E-state index < -0.39 is 0 Å². The Labute approximate surface area is 158 Å². The molecule has 5 heteroatoms. The highest BCUT2D eigenvalue weighted by Gasteiger charge is 2.10. The van der Waals surface area contributed by atoms with E-state index >= 15 is 0 Å². The number of hydrogen-bond acceptors (Lipinski definition) is 4. The highest BCUT2D eigenvalue weighted by molar-refractivity contribution is 5.92. The lowest BCUT2D eigenvalue weighted by atomic mass is 10.1. The standard InChI is InChI=1S/C22H23NO4/c1-15(12-18-14-17-6-4-5-7-19(17)27-18)23-22(24)11-9-16-8-10-20(25-2)21(13-16)26-3/h4-11,13-15H,12H2,1-3H3,(H,23,24)/b11-9+/t15-/m0/s1. The van der Waals surface area contributed by atoms with E-state index in [0.717, 1.165) is 22.3 Å². The van der Waals surface area contributed by atoms with Gasteiger partial charge in [0.1, 0.15) is 11.3 Å². The van der Waals surface area contributed by atoms with Crippen LogP contribution in [0.25, 0.3) is 17.0 Å². The fourth-order valence-electron chi connectivity index (χ4n) is 2.91. The quantitative estimate of drug-likeness (QED) is 0.637. The Balaban J connectivity index is 1.58. The lowest BCUT2D eigenvalue weighted by molar-refractivity contribution is -0.117. The lowest BCUT2D eigenvalue weighted by Crippen LogP contribution is -2.32. The first kappa shape index (κ1) is 18.6. The van der Waals surface area contributed by atoms with Crippen molar-refractivity contribution in [1.82, 2.24) is 5.32 Å². The number of nitrogens with one attached hydrogen (secondary N) is 1. The van der Waals surface area contributed by atoms with Gasteiger partial charge in [-0.15, -0.1) is 0 Å². The number of carbonyl (C=O) groups is 1. The van der Waals surface area contributed by atoms with Gasteiger partial charge in [0.25, 0.3) is 0 Å². The molecule has 1 N–H and O–H groups in total. The Hall–Kier alpha value is -3.21. The predicted molar refractivity (Wildman–Crippen MR) is 106 cm³/mol. The summed E-state index contributed by atoms with van der Waals surface area (Å²) < 4.78 is 16.3. The van der Waals surface area contributed by atoms with Crippen molar-refractivity contribution < 1.29 is 18.7 Å². The van der Waals surface area contributed by atoms with Crippen molar-refractivity contribution in [3.63, 3.8) is 0 Å². The van der Waals surface area contributed by atoms with Crippen molar-refractivity contribution >= 4 is 23.0 Å². The summed E-state index contributed by atoms with van der Waals surface area (Å²) in [6.07, 6.45) is 3.88. The van der Waals surface area contributed by atoms with Crippen molar-refractivity contribution in [2.75, 3.05) is 14.2 Å². The molecule has 0 aliphatic rings. The normalized spacial score (nSPS) is 12.3. The first-order chi connectivity index (χ1) is 13.1. The number of rotatable bonds is 7. The van der Waals surface area contributed by atoms with E-state index in [0.29, 0.717) is 17.9 Å². The van der Waals surface area contributed by atoms with Crippen LogP contribution in [0.15, 0.2) is 59.0 Å². The SMILES string of the molecule is COc1ccc(/C=C/C(=O)N[C@@H](C)Cc2cc3ccccc3o2)cc1OC. The highest BCUT2D eigenvalue weighted by atomic mass is 16.5. The van der Waals surface area contributed by atoms with Crippen molar-refractivity contribution in [2.45, 2.75) is 19.4 Å². The Bertz CT molecular complexity index is 925. The molecule has 1 amide bonds. The van der Waals surface area contributed by atoms with Gasteiger partial charge in [0.05, 0.1) is 14.2 Å². The molecule has 0 saturated carbocycles. The maximum Gasteiger partial charge on any atom is 0.244 e. The number of carbonyl (C=O) groups excluding carboxylic acids is 1. The average molecular weight is 365 g/mol. The van der Waals surface area contributed by atoms with Gasteiger partial charge < -0.3 is 19.2 Å². The highest BCUT2D eigenvalue weighted by Crippen LogP contribution is 2.28. The second-order valence-electron chi connectivity index (χ2n) is 6.31. The maximum atomic E-state index is 12.2. The molecule has 0 unspecified atom stereocenters. The van der Waals surface area contributed by atoms with Crippen LogP contribution < -0.4 is 14.8 Å². The number of benzene rings is 2. The van der Waals surface area contributed by atoms with Gasteiger partial charge in [-0.1, -0.05) is 24.3 Å². The minimum Gasteiger partial charge on any atom is -0.493 e. The molecule has 1 atom stereocenters. The second-order valence-corrected chi connectivity index (χ2v) is 6.31. The van der Waals surface area contributed by atoms with E-state index in [9.17, 15) is 4.79 Å². The number of fused-ring (bicyclic) bond motifs is 1. The Morgan fingerprint density at radius 3 is 2.63 bits per heavy atom. The van der Waals surface area contributed by atoms with Crippen molar-refractivity contribution in [2.24, 2.45) is 0 Å². The van der Waals surface area contributed by atoms with Crippen molar-refractivity contribution in [3.05, 3.63) is 65.9 Å². The molecule has 0 bridgehead atoms. The van der Waals surface area contributed by atoms with Crippen molar-refractivity contribution in [1.29, 1.82) is 0 Å². The zero-order valence-corrected chi connectivity index (χ0v) is 15.7. The third kappa shape index (κ3) is 4.70. The minimum atomic E-state index is -0.159. The summed E-state index contributed by atoms with van der Waals surface area (Å²) in [5.74, 6) is 1.97. The third-order valence-electron chi connectivity index (χ3n) is 4.21. The monoisotopic (exact) mass is 365 g/mol. The fraction of sp³-hybridized carbons (Fsp3) is 0.227. The van der Waals surface area contributed by atoms with Gasteiger partial charge in [-0.2, -0.15) is 0 Å². The van der Waals surface area contributed by atoms with E-state index in [-0.39, 0.29) is 11.9 Å². The summed E-state index contributed by atoms with van der Waals surface area (Å²) >= 11 is 0. The molecule has 0 aliphatic heterocycles. The average Bonchev–Trinajstić information content (AvgIpc) is 3.08. The Kier molecular flexibility index (Phi) is 5.81. The third-order valence-corrected chi connectivity index (χ3v) is 4.21. The number of hydrogen-bond donors (Lipinski definition) is 1. The predicted octanol–water partition coefficient (Wildman–Crippen LogP) is 4.21. The van der Waals surface area contributed by atoms with Gasteiger partial charge in [0.2, 0.25) is 5.91 Å². The van der Waals surface area contributed by atoms with E-state index in [4.69, 9.17) is 13.9 Å². The molecule has 1 heterocycles. The summed E-state index contributed by atoms with van der Waals surface area (Å²) in [4.78, 5) is 12.2. The Morgan fingerprint density at radius 2 is 1.89 bits per heavy atom. The summed E-state index contributed by atoms with van der Waals surface area (Å²) in [6.45, 7) is 1.95. The van der Waals surface area contributed by atoms with Crippen LogP contribution in [0.2, 0.25) is 0 Å². The molecular weight excluding hydrogens is 342 g/mol. The van der Waals surface area contributed by atoms with Crippen LogP contribution in [-0.2, 0) is 11.2 Å². The van der Waals surface area contributed by atoms with Crippen LogP contribution >= 0.6 is 0 Å². The lowest BCUT2D eigenvalue weighted by Gasteiger charge is -2.10. The Morgan fingerprint density at radius 1 is 1.11 bits per heavy atom. The van der Waals surface area contributed by atoms with E-state index in [1.807, 2.05) is 49.4 Å². The van der Waals surface area contributed by atoms with Gasteiger partial charge in [-0.25, -0.2) is 0 Å². The van der Waals surface area contributed by atoms with Gasteiger partial charge in [-0.05, 0) is 42.8 Å². The van der Waals surface area contributed by atoms with Crippen LogP contribution in [0.4, 0.5) is 0 Å². The van der Waals surface area contributed by atoms with Crippen LogP contribution in [0.3, 0.4) is 0 Å². The molecule has 2 aromatic carbocycles. The molecule has 0 fully saturated rings. The van der Waals surface area contributed by atoms with Crippen LogP contribution in [0.1, 0.15) is 18.2 Å². The second kappa shape index (κ2) is 8.45. The molecule has 0 saturated heterocycles. The zero-order chi connectivity index (χ0) is 19.2. The molecule has 5 nitrogen and oxygen atoms in total. The topological polar surface area (TPSA) is 60.7 Å². The molecule has 0 spiro atoms. The number of methoxy groups -OCH3 is 2. The van der Waals surface area contributed by atoms with Crippen molar-refractivity contribution in [3.8, 4) is 11.5 Å². The molecule has 0 radical (unpaired) electrons. The summed E-state index contributed by atoms with van der Waals surface area (Å²) in [6, 6.07) is 15.3. The van der Waals surface area contributed by atoms with Crippen LogP contribution in [0.5, 0.6) is 11.5 Å². The first-order valence-corrected chi connectivity index (χ1v) is 8.77. The summed E-state index contributed by atoms with van der Waals surface area (Å²) in [5, 5.41) is 4.02. The van der Waals surface area contributed by atoms with E-state index in [1.54, 1.807) is 26.4 Å². The summed E-state index contributed by atoms with van der Waals surface area (Å²) in [7, 11) is 3.17. The molecule has 3 rings (SSSR count). The molecule has 1 aromatic heterocycles. The zero-order valence-electron chi connectivity index (χ0n) is 15.7. The minimum absolute atomic E-state index is 0.0480. The van der Waals surface area contributed by atoms with Gasteiger partial charge >= 0.3 is 0 Å². The number of furan rings is 1.